The first-order valence-electron chi connectivity index (χ1n) is 4.89. The second kappa shape index (κ2) is 5.97. The first kappa shape index (κ1) is 13.1. The fraction of sp³-hybridized carbons (Fsp3) is 0.300. The SMILES string of the molecule is NC(CCCNc1cc(F)c(F)cc1F)=NO. The van der Waals surface area contributed by atoms with Crippen LogP contribution in [0.3, 0.4) is 0 Å². The number of benzene rings is 1. The number of nitrogens with two attached hydrogens (primary N) is 1. The summed E-state index contributed by atoms with van der Waals surface area (Å²) in [4.78, 5) is 0. The van der Waals surface area contributed by atoms with Crippen molar-refractivity contribution in [1.82, 2.24) is 0 Å². The molecule has 0 saturated carbocycles. The number of hydrogen-bond donors (Lipinski definition) is 3. The molecule has 7 heteroatoms. The van der Waals surface area contributed by atoms with Gasteiger partial charge < -0.3 is 16.3 Å². The van der Waals surface area contributed by atoms with Crippen LogP contribution in [0.2, 0.25) is 0 Å². The summed E-state index contributed by atoms with van der Waals surface area (Å²) in [7, 11) is 0. The number of rotatable bonds is 5. The zero-order valence-corrected chi connectivity index (χ0v) is 8.88. The van der Waals surface area contributed by atoms with Crippen LogP contribution in [0.1, 0.15) is 12.8 Å². The van der Waals surface area contributed by atoms with Gasteiger partial charge in [-0.2, -0.15) is 0 Å². The number of amidine groups is 1. The molecule has 94 valence electrons. The van der Waals surface area contributed by atoms with E-state index >= 15 is 0 Å². The van der Waals surface area contributed by atoms with Gasteiger partial charge in [-0.05, 0) is 6.42 Å². The molecule has 1 rings (SSSR count). The van der Waals surface area contributed by atoms with Crippen LogP contribution in [0.5, 0.6) is 0 Å². The van der Waals surface area contributed by atoms with Crippen LogP contribution < -0.4 is 11.1 Å². The topological polar surface area (TPSA) is 70.6 Å². The highest BCUT2D eigenvalue weighted by Gasteiger charge is 2.08. The van der Waals surface area contributed by atoms with Crippen LogP contribution in [0, 0.1) is 17.5 Å². The van der Waals surface area contributed by atoms with Gasteiger partial charge in [0.2, 0.25) is 0 Å². The average molecular weight is 247 g/mol. The predicted molar refractivity (Wildman–Crippen MR) is 57.4 cm³/mol. The molecule has 0 fully saturated rings. The molecule has 0 aliphatic rings. The molecule has 17 heavy (non-hydrogen) atoms. The van der Waals surface area contributed by atoms with Crippen molar-refractivity contribution >= 4 is 11.5 Å². The highest BCUT2D eigenvalue weighted by Crippen LogP contribution is 2.18. The molecule has 0 aliphatic carbocycles. The molecule has 0 spiro atoms. The van der Waals surface area contributed by atoms with E-state index in [1.807, 2.05) is 0 Å². The van der Waals surface area contributed by atoms with Gasteiger partial charge in [0, 0.05) is 25.1 Å². The van der Waals surface area contributed by atoms with E-state index in [-0.39, 0.29) is 18.1 Å². The van der Waals surface area contributed by atoms with Crippen molar-refractivity contribution in [3.63, 3.8) is 0 Å². The number of nitrogens with zero attached hydrogens (tertiary/aromatic N) is 1. The van der Waals surface area contributed by atoms with Gasteiger partial charge in [-0.15, -0.1) is 0 Å². The van der Waals surface area contributed by atoms with E-state index in [0.29, 0.717) is 18.9 Å². The molecule has 0 unspecified atom stereocenters. The van der Waals surface area contributed by atoms with Gasteiger partial charge in [-0.1, -0.05) is 5.16 Å². The van der Waals surface area contributed by atoms with Gasteiger partial charge in [0.05, 0.1) is 5.69 Å². The summed E-state index contributed by atoms with van der Waals surface area (Å²) in [5, 5.41) is 13.6. The number of oxime groups is 1. The van der Waals surface area contributed by atoms with Crippen LogP contribution in [0.25, 0.3) is 0 Å². The van der Waals surface area contributed by atoms with Gasteiger partial charge in [-0.25, -0.2) is 13.2 Å². The maximum absolute atomic E-state index is 13.1. The summed E-state index contributed by atoms with van der Waals surface area (Å²) in [6.45, 7) is 0.290. The van der Waals surface area contributed by atoms with E-state index in [1.54, 1.807) is 0 Å². The van der Waals surface area contributed by atoms with E-state index in [1.165, 1.54) is 0 Å². The molecule has 0 saturated heterocycles. The maximum atomic E-state index is 13.1. The van der Waals surface area contributed by atoms with Crippen molar-refractivity contribution in [2.24, 2.45) is 10.9 Å². The lowest BCUT2D eigenvalue weighted by atomic mass is 10.2. The molecule has 0 radical (unpaired) electrons. The Morgan fingerprint density at radius 2 is 1.88 bits per heavy atom. The van der Waals surface area contributed by atoms with Crippen molar-refractivity contribution in [3.8, 4) is 0 Å². The Kier molecular flexibility index (Phi) is 4.62. The zero-order chi connectivity index (χ0) is 12.8. The Morgan fingerprint density at radius 1 is 1.24 bits per heavy atom. The minimum absolute atomic E-state index is 0.0533. The quantitative estimate of drug-likeness (QED) is 0.186. The van der Waals surface area contributed by atoms with Gasteiger partial charge in [-0.3, -0.25) is 0 Å². The first-order chi connectivity index (χ1) is 8.04. The molecular formula is C10H12F3N3O. The smallest absolute Gasteiger partial charge is 0.161 e. The van der Waals surface area contributed by atoms with Crippen LogP contribution in [0.4, 0.5) is 18.9 Å². The van der Waals surface area contributed by atoms with E-state index < -0.39 is 17.5 Å². The third-order valence-electron chi connectivity index (χ3n) is 2.06. The lowest BCUT2D eigenvalue weighted by Crippen LogP contribution is -2.14. The van der Waals surface area contributed by atoms with Crippen molar-refractivity contribution in [2.75, 3.05) is 11.9 Å². The molecule has 0 aromatic heterocycles. The number of hydrogen-bond acceptors (Lipinski definition) is 3. The molecule has 0 aliphatic heterocycles. The standard InChI is InChI=1S/C10H12F3N3O/c11-6-4-8(13)9(5-7(6)12)15-3-1-2-10(14)16-17/h4-5,15,17H,1-3H2,(H2,14,16). The summed E-state index contributed by atoms with van der Waals surface area (Å²) >= 11 is 0. The monoisotopic (exact) mass is 247 g/mol. The van der Waals surface area contributed by atoms with Crippen LogP contribution in [-0.4, -0.2) is 17.6 Å². The van der Waals surface area contributed by atoms with Gasteiger partial charge in [0.25, 0.3) is 0 Å². The lowest BCUT2D eigenvalue weighted by Gasteiger charge is -2.07. The minimum Gasteiger partial charge on any atom is -0.409 e. The third kappa shape index (κ3) is 3.86. The Bertz CT molecular complexity index is 424. The van der Waals surface area contributed by atoms with E-state index in [2.05, 4.69) is 10.5 Å². The zero-order valence-electron chi connectivity index (χ0n) is 8.88. The summed E-state index contributed by atoms with van der Waals surface area (Å²) < 4.78 is 38.5. The van der Waals surface area contributed by atoms with Crippen molar-refractivity contribution < 1.29 is 18.4 Å². The fourth-order valence-corrected chi connectivity index (χ4v) is 1.20. The molecule has 4 nitrogen and oxygen atoms in total. The van der Waals surface area contributed by atoms with E-state index in [4.69, 9.17) is 10.9 Å². The van der Waals surface area contributed by atoms with Gasteiger partial charge in [0.15, 0.2) is 11.6 Å². The molecular weight excluding hydrogens is 235 g/mol. The minimum atomic E-state index is -1.23. The number of anilines is 1. The highest BCUT2D eigenvalue weighted by atomic mass is 19.2. The lowest BCUT2D eigenvalue weighted by molar-refractivity contribution is 0.316. The largest absolute Gasteiger partial charge is 0.409 e. The summed E-state index contributed by atoms with van der Waals surface area (Å²) in [6, 6.07) is 1.22. The number of halogens is 3. The Labute approximate surface area is 95.9 Å². The van der Waals surface area contributed by atoms with Crippen LogP contribution in [0.15, 0.2) is 17.3 Å². The number of nitrogens with one attached hydrogen (secondary N) is 1. The Morgan fingerprint density at radius 3 is 2.53 bits per heavy atom. The first-order valence-corrected chi connectivity index (χ1v) is 4.89. The fourth-order valence-electron chi connectivity index (χ4n) is 1.20. The van der Waals surface area contributed by atoms with Crippen molar-refractivity contribution in [3.05, 3.63) is 29.6 Å². The molecule has 0 bridgehead atoms. The summed E-state index contributed by atoms with van der Waals surface area (Å²) in [5.74, 6) is -3.17. The van der Waals surface area contributed by atoms with Gasteiger partial charge in [0.1, 0.15) is 11.7 Å². The van der Waals surface area contributed by atoms with Gasteiger partial charge >= 0.3 is 0 Å². The molecule has 0 atom stereocenters. The van der Waals surface area contributed by atoms with Crippen molar-refractivity contribution in [1.29, 1.82) is 0 Å². The molecule has 4 N–H and O–H groups in total. The second-order valence-electron chi connectivity index (χ2n) is 3.37. The Hall–Kier alpha value is -1.92. The van der Waals surface area contributed by atoms with Crippen molar-refractivity contribution in [2.45, 2.75) is 12.8 Å². The average Bonchev–Trinajstić information content (AvgIpc) is 2.30. The molecule has 0 amide bonds. The van der Waals surface area contributed by atoms with E-state index in [9.17, 15) is 13.2 Å². The molecule has 1 aromatic carbocycles. The van der Waals surface area contributed by atoms with E-state index in [0.717, 1.165) is 6.07 Å². The molecule has 0 heterocycles. The predicted octanol–water partition coefficient (Wildman–Crippen LogP) is 2.04. The summed E-state index contributed by atoms with van der Waals surface area (Å²) in [5.41, 5.74) is 5.09. The second-order valence-corrected chi connectivity index (χ2v) is 3.37. The Balaban J connectivity index is 2.50. The normalized spacial score (nSPS) is 11.6. The summed E-state index contributed by atoms with van der Waals surface area (Å²) in [6.07, 6.45) is 0.781. The maximum Gasteiger partial charge on any atom is 0.161 e. The highest BCUT2D eigenvalue weighted by molar-refractivity contribution is 5.79. The van der Waals surface area contributed by atoms with Crippen LogP contribution >= 0.6 is 0 Å². The van der Waals surface area contributed by atoms with Crippen LogP contribution in [-0.2, 0) is 0 Å². The third-order valence-corrected chi connectivity index (χ3v) is 2.06. The molecule has 1 aromatic rings.